The molecule has 0 aliphatic carbocycles. The first-order chi connectivity index (χ1) is 9.93. The van der Waals surface area contributed by atoms with Gasteiger partial charge in [0.05, 0.1) is 23.5 Å². The molecule has 0 saturated heterocycles. The molecule has 0 aliphatic heterocycles. The molecule has 112 valence electrons. The maximum Gasteiger partial charge on any atom is 0.341 e. The van der Waals surface area contributed by atoms with E-state index in [1.54, 1.807) is 29.9 Å². The summed E-state index contributed by atoms with van der Waals surface area (Å²) in [4.78, 5) is 11.7. The summed E-state index contributed by atoms with van der Waals surface area (Å²) in [5, 5.41) is 4.75. The van der Waals surface area contributed by atoms with E-state index in [0.29, 0.717) is 27.7 Å². The van der Waals surface area contributed by atoms with Crippen LogP contribution >= 0.6 is 11.6 Å². The van der Waals surface area contributed by atoms with Crippen molar-refractivity contribution in [2.75, 3.05) is 12.8 Å². The molecule has 2 N–H and O–H groups in total. The molecule has 7 heteroatoms. The van der Waals surface area contributed by atoms with Crippen LogP contribution in [0.5, 0.6) is 5.75 Å². The zero-order chi connectivity index (χ0) is 15.6. The largest absolute Gasteiger partial charge is 0.486 e. The van der Waals surface area contributed by atoms with Crippen LogP contribution in [0.25, 0.3) is 0 Å². The first-order valence-corrected chi connectivity index (χ1v) is 6.60. The monoisotopic (exact) mass is 309 g/mol. The molecule has 0 amide bonds. The van der Waals surface area contributed by atoms with Crippen molar-refractivity contribution >= 4 is 23.3 Å². The van der Waals surface area contributed by atoms with Crippen LogP contribution in [0.2, 0.25) is 5.02 Å². The number of halogens is 1. The first-order valence-electron chi connectivity index (χ1n) is 6.22. The Morgan fingerprint density at radius 3 is 2.76 bits per heavy atom. The molecule has 2 aromatic rings. The third kappa shape index (κ3) is 3.11. The van der Waals surface area contributed by atoms with E-state index in [0.717, 1.165) is 5.69 Å². The number of esters is 1. The van der Waals surface area contributed by atoms with Gasteiger partial charge in [-0.3, -0.25) is 4.68 Å². The molecule has 0 aliphatic rings. The Hall–Kier alpha value is -2.21. The number of hydrogen-bond donors (Lipinski definition) is 1. The Labute approximate surface area is 127 Å². The Morgan fingerprint density at radius 2 is 2.19 bits per heavy atom. The highest BCUT2D eigenvalue weighted by Gasteiger charge is 2.16. The molecule has 1 aromatic carbocycles. The van der Waals surface area contributed by atoms with Gasteiger partial charge in [0.1, 0.15) is 17.9 Å². The summed E-state index contributed by atoms with van der Waals surface area (Å²) in [7, 11) is 3.09. The quantitative estimate of drug-likeness (QED) is 0.692. The average molecular weight is 310 g/mol. The number of carbonyl (C=O) groups is 1. The van der Waals surface area contributed by atoms with Gasteiger partial charge in [0.25, 0.3) is 0 Å². The Kier molecular flexibility index (Phi) is 4.37. The fourth-order valence-corrected chi connectivity index (χ4v) is 2.13. The second-order valence-electron chi connectivity index (χ2n) is 4.51. The Morgan fingerprint density at radius 1 is 1.48 bits per heavy atom. The van der Waals surface area contributed by atoms with Crippen molar-refractivity contribution in [3.05, 3.63) is 40.2 Å². The number of carbonyl (C=O) groups excluding carboxylic acids is 1. The lowest BCUT2D eigenvalue weighted by atomic mass is 10.2. The molecule has 21 heavy (non-hydrogen) atoms. The fourth-order valence-electron chi connectivity index (χ4n) is 1.92. The Bertz CT molecular complexity index is 682. The van der Waals surface area contributed by atoms with Crippen LogP contribution in [0.4, 0.5) is 5.69 Å². The van der Waals surface area contributed by atoms with Crippen LogP contribution in [0.1, 0.15) is 21.7 Å². The van der Waals surface area contributed by atoms with E-state index in [-0.39, 0.29) is 6.61 Å². The number of benzene rings is 1. The highest BCUT2D eigenvalue weighted by atomic mass is 35.5. The molecular formula is C14H16ClN3O3. The second-order valence-corrected chi connectivity index (χ2v) is 4.88. The van der Waals surface area contributed by atoms with Crippen LogP contribution in [0, 0.1) is 6.92 Å². The van der Waals surface area contributed by atoms with Crippen LogP contribution < -0.4 is 10.5 Å². The first kappa shape index (κ1) is 15.2. The number of nitrogens with zero attached hydrogens (tertiary/aromatic N) is 2. The van der Waals surface area contributed by atoms with E-state index >= 15 is 0 Å². The van der Waals surface area contributed by atoms with Gasteiger partial charge in [-0.15, -0.1) is 0 Å². The maximum atomic E-state index is 11.7. The van der Waals surface area contributed by atoms with Gasteiger partial charge in [-0.05, 0) is 19.1 Å². The summed E-state index contributed by atoms with van der Waals surface area (Å²) in [6.45, 7) is 1.98. The molecule has 1 aromatic heterocycles. The lowest BCUT2D eigenvalue weighted by Crippen LogP contribution is -2.08. The normalized spacial score (nSPS) is 10.5. The average Bonchev–Trinajstić information content (AvgIpc) is 2.69. The Balaban J connectivity index is 2.27. The van der Waals surface area contributed by atoms with E-state index in [9.17, 15) is 4.79 Å². The zero-order valence-electron chi connectivity index (χ0n) is 12.0. The van der Waals surface area contributed by atoms with Crippen LogP contribution in [0.3, 0.4) is 0 Å². The number of anilines is 1. The van der Waals surface area contributed by atoms with Gasteiger partial charge < -0.3 is 15.2 Å². The van der Waals surface area contributed by atoms with E-state index < -0.39 is 5.97 Å². The molecule has 0 radical (unpaired) electrons. The third-order valence-corrected chi connectivity index (χ3v) is 3.53. The molecule has 0 bridgehead atoms. The third-order valence-electron chi connectivity index (χ3n) is 3.04. The minimum atomic E-state index is -0.489. The molecule has 6 nitrogen and oxygen atoms in total. The van der Waals surface area contributed by atoms with Crippen molar-refractivity contribution in [2.45, 2.75) is 13.5 Å². The zero-order valence-corrected chi connectivity index (χ0v) is 12.8. The maximum absolute atomic E-state index is 11.7. The molecule has 1 heterocycles. The summed E-state index contributed by atoms with van der Waals surface area (Å²) < 4.78 is 12.0. The number of ether oxygens (including phenoxy) is 2. The number of methoxy groups -OCH3 is 1. The topological polar surface area (TPSA) is 79.4 Å². The number of nitrogens with two attached hydrogens (primary N) is 1. The van der Waals surface area contributed by atoms with E-state index in [4.69, 9.17) is 26.8 Å². The predicted molar refractivity (Wildman–Crippen MR) is 79.5 cm³/mol. The van der Waals surface area contributed by atoms with Crippen LogP contribution in [-0.2, 0) is 18.4 Å². The molecular weight excluding hydrogens is 294 g/mol. The van der Waals surface area contributed by atoms with Crippen molar-refractivity contribution in [3.63, 3.8) is 0 Å². The van der Waals surface area contributed by atoms with E-state index in [1.165, 1.54) is 7.11 Å². The summed E-state index contributed by atoms with van der Waals surface area (Å²) in [6.07, 6.45) is 0. The van der Waals surface area contributed by atoms with E-state index in [1.807, 2.05) is 6.92 Å². The van der Waals surface area contributed by atoms with Crippen LogP contribution in [-0.4, -0.2) is 22.9 Å². The van der Waals surface area contributed by atoms with Crippen molar-refractivity contribution in [1.29, 1.82) is 0 Å². The van der Waals surface area contributed by atoms with Crippen molar-refractivity contribution < 1.29 is 14.3 Å². The van der Waals surface area contributed by atoms with Gasteiger partial charge in [-0.1, -0.05) is 11.6 Å². The van der Waals surface area contributed by atoms with Gasteiger partial charge in [-0.25, -0.2) is 4.79 Å². The molecule has 0 saturated carbocycles. The SMILES string of the molecule is COC(=O)c1ccc(N)cc1OCc1c(Cl)c(C)nn1C. The predicted octanol–water partition coefficient (Wildman–Crippen LogP) is 2.33. The lowest BCUT2D eigenvalue weighted by molar-refractivity contribution is 0.0595. The number of aryl methyl sites for hydroxylation is 2. The molecule has 0 atom stereocenters. The smallest absolute Gasteiger partial charge is 0.341 e. The van der Waals surface area contributed by atoms with Gasteiger partial charge in [0, 0.05) is 18.8 Å². The summed E-state index contributed by atoms with van der Waals surface area (Å²) in [5.74, 6) is -0.144. The van der Waals surface area contributed by atoms with Gasteiger partial charge in [0.15, 0.2) is 0 Å². The lowest BCUT2D eigenvalue weighted by Gasteiger charge is -2.11. The number of aromatic nitrogens is 2. The number of nitrogen functional groups attached to an aromatic ring is 1. The molecule has 2 rings (SSSR count). The summed E-state index contributed by atoms with van der Waals surface area (Å²) in [5.41, 5.74) is 7.96. The fraction of sp³-hybridized carbons (Fsp3) is 0.286. The van der Waals surface area contributed by atoms with E-state index in [2.05, 4.69) is 5.10 Å². The summed E-state index contributed by atoms with van der Waals surface area (Å²) >= 11 is 6.16. The number of rotatable bonds is 4. The highest BCUT2D eigenvalue weighted by molar-refractivity contribution is 6.31. The van der Waals surface area contributed by atoms with Gasteiger partial charge >= 0.3 is 5.97 Å². The minimum absolute atomic E-state index is 0.170. The number of hydrogen-bond acceptors (Lipinski definition) is 5. The standard InChI is InChI=1S/C14H16ClN3O3/c1-8-13(15)11(18(2)17-8)7-21-12-6-9(16)4-5-10(12)14(19)20-3/h4-6H,7,16H2,1-3H3. The molecule has 0 unspecified atom stereocenters. The van der Waals surface area contributed by atoms with Crippen molar-refractivity contribution in [1.82, 2.24) is 9.78 Å². The summed E-state index contributed by atoms with van der Waals surface area (Å²) in [6, 6.07) is 4.75. The van der Waals surface area contributed by atoms with Crippen molar-refractivity contribution in [3.8, 4) is 5.75 Å². The minimum Gasteiger partial charge on any atom is -0.486 e. The molecule has 0 spiro atoms. The van der Waals surface area contributed by atoms with Gasteiger partial charge in [-0.2, -0.15) is 5.10 Å². The van der Waals surface area contributed by atoms with Crippen molar-refractivity contribution in [2.24, 2.45) is 7.05 Å². The highest BCUT2D eigenvalue weighted by Crippen LogP contribution is 2.26. The van der Waals surface area contributed by atoms with Gasteiger partial charge in [0.2, 0.25) is 0 Å². The molecule has 0 fully saturated rings. The van der Waals surface area contributed by atoms with Crippen LogP contribution in [0.15, 0.2) is 18.2 Å². The second kappa shape index (κ2) is 6.05.